The van der Waals surface area contributed by atoms with Gasteiger partial charge < -0.3 is 0 Å². The molecule has 0 saturated carbocycles. The van der Waals surface area contributed by atoms with E-state index in [1.165, 1.54) is 0 Å². The Balaban J connectivity index is 2.21. The van der Waals surface area contributed by atoms with Crippen LogP contribution < -0.4 is 0 Å². The van der Waals surface area contributed by atoms with Crippen molar-refractivity contribution in [2.75, 3.05) is 0 Å². The lowest BCUT2D eigenvalue weighted by Crippen LogP contribution is -2.22. The van der Waals surface area contributed by atoms with Gasteiger partial charge in [-0.1, -0.05) is 71.2 Å². The Labute approximate surface area is 155 Å². The Morgan fingerprint density at radius 1 is 0.435 bits per heavy atom. The lowest BCUT2D eigenvalue weighted by Gasteiger charge is -2.29. The number of rotatable bonds is 3. The summed E-state index contributed by atoms with van der Waals surface area (Å²) in [6.45, 7) is 0. The zero-order valence-corrected chi connectivity index (χ0v) is 15.0. The number of halogens is 4. The van der Waals surface area contributed by atoms with Crippen LogP contribution in [0.25, 0.3) is 0 Å². The highest BCUT2D eigenvalue weighted by Gasteiger charge is 2.34. The molecular formula is C19H12Cl4. The molecule has 0 spiro atoms. The molecule has 0 radical (unpaired) electrons. The molecule has 3 rings (SSSR count). The van der Waals surface area contributed by atoms with E-state index in [0.717, 1.165) is 16.7 Å². The zero-order valence-electron chi connectivity index (χ0n) is 11.9. The fraction of sp³-hybridized carbons (Fsp3) is 0.0526. The molecule has 0 aliphatic rings. The first-order valence-electron chi connectivity index (χ1n) is 6.97. The molecule has 0 aliphatic carbocycles. The van der Waals surface area contributed by atoms with Gasteiger partial charge >= 0.3 is 0 Å². The first-order chi connectivity index (χ1) is 11.0. The van der Waals surface area contributed by atoms with Crippen LogP contribution in [-0.4, -0.2) is 0 Å². The first kappa shape index (κ1) is 16.7. The van der Waals surface area contributed by atoms with Crippen LogP contribution in [0.4, 0.5) is 0 Å². The molecule has 0 heterocycles. The van der Waals surface area contributed by atoms with Gasteiger partial charge in [-0.3, -0.25) is 0 Å². The summed E-state index contributed by atoms with van der Waals surface area (Å²) < 4.78 is 0. The molecule has 0 unspecified atom stereocenters. The van der Waals surface area contributed by atoms with Gasteiger partial charge in [-0.15, -0.1) is 11.6 Å². The fourth-order valence-electron chi connectivity index (χ4n) is 2.54. The molecule has 0 bridgehead atoms. The van der Waals surface area contributed by atoms with Gasteiger partial charge in [0.2, 0.25) is 0 Å². The van der Waals surface area contributed by atoms with Gasteiger partial charge in [0.15, 0.2) is 0 Å². The van der Waals surface area contributed by atoms with Gasteiger partial charge in [-0.25, -0.2) is 0 Å². The monoisotopic (exact) mass is 380 g/mol. The van der Waals surface area contributed by atoms with Crippen molar-refractivity contribution < 1.29 is 0 Å². The maximum atomic E-state index is 7.14. The normalized spacial score (nSPS) is 11.5. The van der Waals surface area contributed by atoms with Gasteiger partial charge in [0.25, 0.3) is 0 Å². The van der Waals surface area contributed by atoms with E-state index in [-0.39, 0.29) is 0 Å². The second-order valence-corrected chi connectivity index (χ2v) is 7.06. The van der Waals surface area contributed by atoms with Crippen molar-refractivity contribution in [1.29, 1.82) is 0 Å². The van der Waals surface area contributed by atoms with Crippen LogP contribution in [0.15, 0.2) is 72.8 Å². The van der Waals surface area contributed by atoms with E-state index in [0.29, 0.717) is 15.1 Å². The predicted octanol–water partition coefficient (Wildman–Crippen LogP) is 7.18. The molecule has 0 N–H and O–H groups in total. The van der Waals surface area contributed by atoms with Crippen molar-refractivity contribution >= 4 is 46.4 Å². The number of benzene rings is 3. The molecule has 0 nitrogen and oxygen atoms in total. The summed E-state index contributed by atoms with van der Waals surface area (Å²) in [5, 5.41) is 2.00. The largest absolute Gasteiger partial charge is 0.119 e. The zero-order chi connectivity index (χ0) is 16.4. The molecular weight excluding hydrogens is 370 g/mol. The van der Waals surface area contributed by atoms with Gasteiger partial charge in [-0.2, -0.15) is 0 Å². The minimum absolute atomic E-state index is 0.667. The van der Waals surface area contributed by atoms with E-state index in [4.69, 9.17) is 46.4 Å². The standard InChI is InChI=1S/C19H12Cl4/c20-16-7-1-13(2-8-16)19(23,14-3-9-17(21)10-4-14)15-5-11-18(22)12-6-15/h1-12H. The molecule has 0 aromatic heterocycles. The minimum Gasteiger partial charge on any atom is -0.104 e. The van der Waals surface area contributed by atoms with Crippen LogP contribution in [0.5, 0.6) is 0 Å². The molecule has 0 saturated heterocycles. The number of hydrogen-bond acceptors (Lipinski definition) is 0. The maximum Gasteiger partial charge on any atom is 0.119 e. The molecule has 0 amide bonds. The Bertz CT molecular complexity index is 679. The Kier molecular flexibility index (Phi) is 4.89. The van der Waals surface area contributed by atoms with Gasteiger partial charge in [-0.05, 0) is 53.1 Å². The van der Waals surface area contributed by atoms with Crippen LogP contribution in [0, 0.1) is 0 Å². The lowest BCUT2D eigenvalue weighted by molar-refractivity contribution is 0.879. The van der Waals surface area contributed by atoms with Crippen LogP contribution in [0.3, 0.4) is 0 Å². The second kappa shape index (κ2) is 6.75. The highest BCUT2D eigenvalue weighted by molar-refractivity contribution is 6.32. The molecule has 3 aromatic carbocycles. The van der Waals surface area contributed by atoms with Crippen molar-refractivity contribution in [1.82, 2.24) is 0 Å². The highest BCUT2D eigenvalue weighted by atomic mass is 35.5. The first-order valence-corrected chi connectivity index (χ1v) is 8.48. The van der Waals surface area contributed by atoms with Crippen molar-refractivity contribution in [3.63, 3.8) is 0 Å². The van der Waals surface area contributed by atoms with Crippen molar-refractivity contribution in [3.8, 4) is 0 Å². The van der Waals surface area contributed by atoms with E-state index in [2.05, 4.69) is 0 Å². The average molecular weight is 382 g/mol. The second-order valence-electron chi connectivity index (χ2n) is 5.18. The summed E-state index contributed by atoms with van der Waals surface area (Å²) in [6, 6.07) is 22.6. The topological polar surface area (TPSA) is 0 Å². The third kappa shape index (κ3) is 3.36. The van der Waals surface area contributed by atoms with Crippen LogP contribution >= 0.6 is 46.4 Å². The summed E-state index contributed by atoms with van der Waals surface area (Å²) in [7, 11) is 0. The summed E-state index contributed by atoms with van der Waals surface area (Å²) in [5.41, 5.74) is 2.77. The third-order valence-electron chi connectivity index (χ3n) is 3.73. The van der Waals surface area contributed by atoms with E-state index < -0.39 is 4.87 Å². The lowest BCUT2D eigenvalue weighted by atomic mass is 9.84. The smallest absolute Gasteiger partial charge is 0.104 e. The van der Waals surface area contributed by atoms with Crippen LogP contribution in [0.1, 0.15) is 16.7 Å². The van der Waals surface area contributed by atoms with Gasteiger partial charge in [0.1, 0.15) is 4.87 Å². The number of alkyl halides is 1. The SMILES string of the molecule is Clc1ccc(C(Cl)(c2ccc(Cl)cc2)c2ccc(Cl)cc2)cc1. The predicted molar refractivity (Wildman–Crippen MR) is 100 cm³/mol. The fourth-order valence-corrected chi connectivity index (χ4v) is 3.29. The van der Waals surface area contributed by atoms with E-state index in [9.17, 15) is 0 Å². The maximum absolute atomic E-state index is 7.14. The Morgan fingerprint density at radius 3 is 0.870 bits per heavy atom. The third-order valence-corrected chi connectivity index (χ3v) is 5.14. The average Bonchev–Trinajstić information content (AvgIpc) is 2.56. The van der Waals surface area contributed by atoms with E-state index >= 15 is 0 Å². The molecule has 0 fully saturated rings. The summed E-state index contributed by atoms with van der Waals surface area (Å²) in [4.78, 5) is -0.847. The van der Waals surface area contributed by atoms with Crippen molar-refractivity contribution in [2.45, 2.75) is 4.87 Å². The van der Waals surface area contributed by atoms with E-state index in [1.54, 1.807) is 0 Å². The van der Waals surface area contributed by atoms with Crippen molar-refractivity contribution in [2.24, 2.45) is 0 Å². The van der Waals surface area contributed by atoms with Crippen LogP contribution in [-0.2, 0) is 4.87 Å². The quantitative estimate of drug-likeness (QED) is 0.333. The minimum atomic E-state index is -0.847. The highest BCUT2D eigenvalue weighted by Crippen LogP contribution is 2.43. The van der Waals surface area contributed by atoms with Crippen molar-refractivity contribution in [3.05, 3.63) is 105 Å². The molecule has 0 atom stereocenters. The number of hydrogen-bond donors (Lipinski definition) is 0. The van der Waals surface area contributed by atoms with E-state index in [1.807, 2.05) is 72.8 Å². The summed E-state index contributed by atoms with van der Waals surface area (Å²) in [5.74, 6) is 0. The van der Waals surface area contributed by atoms with Gasteiger partial charge in [0, 0.05) is 15.1 Å². The Morgan fingerprint density at radius 2 is 0.652 bits per heavy atom. The summed E-state index contributed by atoms with van der Waals surface area (Å²) in [6.07, 6.45) is 0. The van der Waals surface area contributed by atoms with Crippen LogP contribution in [0.2, 0.25) is 15.1 Å². The summed E-state index contributed by atoms with van der Waals surface area (Å²) >= 11 is 25.2. The Hall–Kier alpha value is -1.18. The molecule has 3 aromatic rings. The van der Waals surface area contributed by atoms with Gasteiger partial charge in [0.05, 0.1) is 0 Å². The molecule has 4 heteroatoms. The molecule has 23 heavy (non-hydrogen) atoms. The molecule has 116 valence electrons. The molecule has 0 aliphatic heterocycles.